The van der Waals surface area contributed by atoms with Gasteiger partial charge >= 0.3 is 0 Å². The number of nitrogens with one attached hydrogen (secondary N) is 1. The number of furan rings is 1. The first-order chi connectivity index (χ1) is 8.85. The van der Waals surface area contributed by atoms with E-state index in [1.165, 1.54) is 5.56 Å². The predicted molar refractivity (Wildman–Crippen MR) is 73.9 cm³/mol. The Morgan fingerprint density at radius 2 is 2.05 bits per heavy atom. The molecule has 5 nitrogen and oxygen atoms in total. The van der Waals surface area contributed by atoms with Crippen LogP contribution in [0.1, 0.15) is 43.7 Å². The Balaban J connectivity index is 2.09. The Bertz CT molecular complexity index is 548. The van der Waals surface area contributed by atoms with Crippen LogP contribution in [-0.2, 0) is 13.1 Å². The summed E-state index contributed by atoms with van der Waals surface area (Å²) < 4.78 is 7.44. The lowest BCUT2D eigenvalue weighted by molar-refractivity contribution is 0.415. The average Bonchev–Trinajstić information content (AvgIpc) is 2.83. The molecule has 104 valence electrons. The van der Waals surface area contributed by atoms with Gasteiger partial charge in [-0.25, -0.2) is 9.67 Å². The van der Waals surface area contributed by atoms with Crippen LogP contribution in [-0.4, -0.2) is 20.3 Å². The molecule has 0 aliphatic heterocycles. The van der Waals surface area contributed by atoms with Crippen molar-refractivity contribution in [3.8, 4) is 0 Å². The molecule has 5 heteroatoms. The van der Waals surface area contributed by atoms with Crippen molar-refractivity contribution in [2.24, 2.45) is 0 Å². The number of rotatable bonds is 4. The van der Waals surface area contributed by atoms with Gasteiger partial charge in [0.15, 0.2) is 0 Å². The first-order valence-corrected chi connectivity index (χ1v) is 6.53. The van der Waals surface area contributed by atoms with E-state index in [4.69, 9.17) is 4.42 Å². The molecule has 2 aromatic heterocycles. The van der Waals surface area contributed by atoms with Crippen LogP contribution in [0.15, 0.2) is 16.7 Å². The standard InChI is InChI=1S/C14H22N4O/c1-10-16-11(2)18(17-10)9-13-12(6-7-19-13)8-15-14(3,4)5/h6-7,15H,8-9H2,1-5H3. The maximum absolute atomic E-state index is 5.57. The van der Waals surface area contributed by atoms with E-state index in [0.717, 1.165) is 24.0 Å². The second-order valence-corrected chi connectivity index (χ2v) is 5.84. The number of hydrogen-bond donors (Lipinski definition) is 1. The molecule has 0 unspecified atom stereocenters. The van der Waals surface area contributed by atoms with Crippen LogP contribution in [0.3, 0.4) is 0 Å². The smallest absolute Gasteiger partial charge is 0.147 e. The minimum absolute atomic E-state index is 0.0916. The van der Waals surface area contributed by atoms with Crippen molar-refractivity contribution < 1.29 is 4.42 Å². The topological polar surface area (TPSA) is 55.9 Å². The van der Waals surface area contributed by atoms with Gasteiger partial charge in [-0.2, -0.15) is 5.10 Å². The highest BCUT2D eigenvalue weighted by molar-refractivity contribution is 5.17. The van der Waals surface area contributed by atoms with E-state index in [1.54, 1.807) is 6.26 Å². The molecule has 0 radical (unpaired) electrons. The SMILES string of the molecule is Cc1nc(C)n(Cc2occc2CNC(C)(C)C)n1. The van der Waals surface area contributed by atoms with Crippen LogP contribution in [0.2, 0.25) is 0 Å². The molecule has 0 aliphatic carbocycles. The van der Waals surface area contributed by atoms with Crippen LogP contribution in [0.5, 0.6) is 0 Å². The molecule has 0 spiro atoms. The summed E-state index contributed by atoms with van der Waals surface area (Å²) in [7, 11) is 0. The number of aromatic nitrogens is 3. The van der Waals surface area contributed by atoms with Crippen LogP contribution < -0.4 is 5.32 Å². The van der Waals surface area contributed by atoms with Gasteiger partial charge in [-0.1, -0.05) is 0 Å². The summed E-state index contributed by atoms with van der Waals surface area (Å²) >= 11 is 0. The van der Waals surface area contributed by atoms with Crippen molar-refractivity contribution >= 4 is 0 Å². The average molecular weight is 262 g/mol. The lowest BCUT2D eigenvalue weighted by Crippen LogP contribution is -2.35. The number of hydrogen-bond acceptors (Lipinski definition) is 4. The quantitative estimate of drug-likeness (QED) is 0.919. The fourth-order valence-corrected chi connectivity index (χ4v) is 1.87. The summed E-state index contributed by atoms with van der Waals surface area (Å²) in [6.07, 6.45) is 1.73. The van der Waals surface area contributed by atoms with Crippen LogP contribution in [0, 0.1) is 13.8 Å². The zero-order chi connectivity index (χ0) is 14.0. The molecular weight excluding hydrogens is 240 g/mol. The summed E-state index contributed by atoms with van der Waals surface area (Å²) in [6, 6.07) is 2.01. The molecule has 1 N–H and O–H groups in total. The van der Waals surface area contributed by atoms with E-state index in [9.17, 15) is 0 Å². The Morgan fingerprint density at radius 3 is 2.63 bits per heavy atom. The summed E-state index contributed by atoms with van der Waals surface area (Å²) in [5.74, 6) is 2.63. The van der Waals surface area contributed by atoms with Gasteiger partial charge in [0.1, 0.15) is 24.0 Å². The van der Waals surface area contributed by atoms with Gasteiger partial charge in [0.25, 0.3) is 0 Å². The van der Waals surface area contributed by atoms with E-state index < -0.39 is 0 Å². The normalized spacial score (nSPS) is 12.1. The molecule has 0 aromatic carbocycles. The van der Waals surface area contributed by atoms with Crippen molar-refractivity contribution in [2.75, 3.05) is 0 Å². The third-order valence-electron chi connectivity index (χ3n) is 2.90. The second kappa shape index (κ2) is 5.17. The minimum atomic E-state index is 0.0916. The van der Waals surface area contributed by atoms with Crippen molar-refractivity contribution in [3.05, 3.63) is 35.3 Å². The molecule has 0 saturated carbocycles. The fourth-order valence-electron chi connectivity index (χ4n) is 1.87. The first kappa shape index (κ1) is 13.8. The summed E-state index contributed by atoms with van der Waals surface area (Å²) in [5.41, 5.74) is 1.26. The summed E-state index contributed by atoms with van der Waals surface area (Å²) in [6.45, 7) is 11.7. The summed E-state index contributed by atoms with van der Waals surface area (Å²) in [4.78, 5) is 4.30. The van der Waals surface area contributed by atoms with Crippen LogP contribution in [0.25, 0.3) is 0 Å². The number of nitrogens with zero attached hydrogens (tertiary/aromatic N) is 3. The van der Waals surface area contributed by atoms with E-state index in [-0.39, 0.29) is 5.54 Å². The highest BCUT2D eigenvalue weighted by Crippen LogP contribution is 2.14. The number of aryl methyl sites for hydroxylation is 2. The maximum Gasteiger partial charge on any atom is 0.147 e. The Hall–Kier alpha value is -1.62. The molecule has 19 heavy (non-hydrogen) atoms. The van der Waals surface area contributed by atoms with Gasteiger partial charge in [0.2, 0.25) is 0 Å². The highest BCUT2D eigenvalue weighted by atomic mass is 16.3. The predicted octanol–water partition coefficient (Wildman–Crippen LogP) is 2.42. The van der Waals surface area contributed by atoms with Gasteiger partial charge in [-0.15, -0.1) is 0 Å². The van der Waals surface area contributed by atoms with Gasteiger partial charge in [0, 0.05) is 17.6 Å². The molecule has 0 bridgehead atoms. The Labute approximate surface area is 114 Å². The monoisotopic (exact) mass is 262 g/mol. The van der Waals surface area contributed by atoms with Crippen molar-refractivity contribution in [3.63, 3.8) is 0 Å². The van der Waals surface area contributed by atoms with Gasteiger partial charge in [-0.05, 0) is 40.7 Å². The molecule has 0 amide bonds. The van der Waals surface area contributed by atoms with Crippen molar-refractivity contribution in [1.82, 2.24) is 20.1 Å². The molecule has 0 atom stereocenters. The zero-order valence-corrected chi connectivity index (χ0v) is 12.3. The van der Waals surface area contributed by atoms with Crippen molar-refractivity contribution in [1.29, 1.82) is 0 Å². The van der Waals surface area contributed by atoms with E-state index in [2.05, 4.69) is 36.2 Å². The third kappa shape index (κ3) is 3.67. The third-order valence-corrected chi connectivity index (χ3v) is 2.90. The Kier molecular flexibility index (Phi) is 3.75. The molecule has 2 heterocycles. The molecule has 0 aliphatic rings. The van der Waals surface area contributed by atoms with Gasteiger partial charge < -0.3 is 9.73 Å². The largest absolute Gasteiger partial charge is 0.467 e. The highest BCUT2D eigenvalue weighted by Gasteiger charge is 2.13. The lowest BCUT2D eigenvalue weighted by Gasteiger charge is -2.20. The van der Waals surface area contributed by atoms with E-state index in [0.29, 0.717) is 6.54 Å². The first-order valence-electron chi connectivity index (χ1n) is 6.53. The lowest BCUT2D eigenvalue weighted by atomic mass is 10.1. The van der Waals surface area contributed by atoms with Crippen molar-refractivity contribution in [2.45, 2.75) is 53.2 Å². The van der Waals surface area contributed by atoms with Gasteiger partial charge in [0.05, 0.1) is 6.26 Å². The minimum Gasteiger partial charge on any atom is -0.467 e. The fraction of sp³-hybridized carbons (Fsp3) is 0.571. The van der Waals surface area contributed by atoms with E-state index in [1.807, 2.05) is 24.6 Å². The maximum atomic E-state index is 5.57. The molecule has 2 rings (SSSR count). The van der Waals surface area contributed by atoms with Crippen LogP contribution in [0.4, 0.5) is 0 Å². The van der Waals surface area contributed by atoms with Crippen LogP contribution >= 0.6 is 0 Å². The molecule has 0 saturated heterocycles. The zero-order valence-electron chi connectivity index (χ0n) is 12.3. The van der Waals surface area contributed by atoms with Gasteiger partial charge in [-0.3, -0.25) is 0 Å². The molecule has 2 aromatic rings. The molecular formula is C14H22N4O. The molecule has 0 fully saturated rings. The van der Waals surface area contributed by atoms with E-state index >= 15 is 0 Å². The Morgan fingerprint density at radius 1 is 1.32 bits per heavy atom. The summed E-state index contributed by atoms with van der Waals surface area (Å²) in [5, 5.41) is 7.83. The second-order valence-electron chi connectivity index (χ2n) is 5.84.